The Bertz CT molecular complexity index is 818. The molecule has 0 spiro atoms. The summed E-state index contributed by atoms with van der Waals surface area (Å²) in [5, 5.41) is 6.82. The Morgan fingerprint density at radius 2 is 1.92 bits per heavy atom. The highest BCUT2D eigenvalue weighted by atomic mass is 35.5. The van der Waals surface area contributed by atoms with E-state index in [4.69, 9.17) is 32.5 Å². The number of amides is 1. The first-order valence-electron chi connectivity index (χ1n) is 7.46. The van der Waals surface area contributed by atoms with Crippen molar-refractivity contribution in [1.29, 1.82) is 0 Å². The highest BCUT2D eigenvalue weighted by molar-refractivity contribution is 6.36. The van der Waals surface area contributed by atoms with Gasteiger partial charge in [0.05, 0.1) is 21.4 Å². The summed E-state index contributed by atoms with van der Waals surface area (Å²) < 4.78 is 10.2. The van der Waals surface area contributed by atoms with E-state index in [9.17, 15) is 9.59 Å². The molecular weight excluding hydrogens is 369 g/mol. The number of anilines is 1. The topological polar surface area (TPSA) is 94.3 Å². The van der Waals surface area contributed by atoms with Crippen molar-refractivity contribution in [2.45, 2.75) is 33.6 Å². The Kier molecular flexibility index (Phi) is 6.02. The fourth-order valence-electron chi connectivity index (χ4n) is 2.05. The third-order valence-corrected chi connectivity index (χ3v) is 3.99. The van der Waals surface area contributed by atoms with Gasteiger partial charge >= 0.3 is 5.97 Å². The molecule has 9 heteroatoms. The van der Waals surface area contributed by atoms with Crippen LogP contribution in [0.2, 0.25) is 10.0 Å². The molecular formula is C16H17Cl2N3O4. The second-order valence-electron chi connectivity index (χ2n) is 5.67. The molecule has 0 unspecified atom stereocenters. The van der Waals surface area contributed by atoms with Crippen LogP contribution in [0.25, 0.3) is 0 Å². The Balaban J connectivity index is 2.02. The van der Waals surface area contributed by atoms with Gasteiger partial charge in [-0.15, -0.1) is 0 Å². The maximum Gasteiger partial charge on any atom is 0.344 e. The van der Waals surface area contributed by atoms with E-state index in [1.54, 1.807) is 13.8 Å². The number of pyridine rings is 1. The molecule has 0 aliphatic heterocycles. The fraction of sp³-hybridized carbons (Fsp3) is 0.375. The molecule has 0 saturated heterocycles. The van der Waals surface area contributed by atoms with E-state index in [0.29, 0.717) is 22.2 Å². The predicted octanol–water partition coefficient (Wildman–Crippen LogP) is 3.91. The van der Waals surface area contributed by atoms with Crippen LogP contribution in [0.4, 0.5) is 5.82 Å². The highest BCUT2D eigenvalue weighted by Crippen LogP contribution is 2.26. The van der Waals surface area contributed by atoms with Crippen LogP contribution in [0.15, 0.2) is 10.6 Å². The number of halogens is 2. The van der Waals surface area contributed by atoms with E-state index in [2.05, 4.69) is 15.5 Å². The van der Waals surface area contributed by atoms with E-state index in [1.807, 2.05) is 13.8 Å². The number of esters is 1. The second-order valence-corrected chi connectivity index (χ2v) is 6.49. The molecule has 0 bridgehead atoms. The first-order valence-corrected chi connectivity index (χ1v) is 8.22. The zero-order valence-electron chi connectivity index (χ0n) is 14.1. The smallest absolute Gasteiger partial charge is 0.344 e. The van der Waals surface area contributed by atoms with Crippen LogP contribution in [0.3, 0.4) is 0 Å². The molecule has 2 aromatic heterocycles. The maximum absolute atomic E-state index is 12.2. The quantitative estimate of drug-likeness (QED) is 0.783. The summed E-state index contributed by atoms with van der Waals surface area (Å²) in [5.74, 6) is -0.735. The van der Waals surface area contributed by atoms with Gasteiger partial charge in [0.15, 0.2) is 18.2 Å². The Morgan fingerprint density at radius 3 is 2.56 bits per heavy atom. The molecule has 0 atom stereocenters. The van der Waals surface area contributed by atoms with Crippen molar-refractivity contribution < 1.29 is 18.8 Å². The molecule has 0 aromatic carbocycles. The summed E-state index contributed by atoms with van der Waals surface area (Å²) in [6, 6.07) is 1.47. The van der Waals surface area contributed by atoms with Gasteiger partial charge in [-0.3, -0.25) is 4.79 Å². The van der Waals surface area contributed by atoms with E-state index in [-0.39, 0.29) is 22.3 Å². The largest absolute Gasteiger partial charge is 0.452 e. The minimum Gasteiger partial charge on any atom is -0.452 e. The Labute approximate surface area is 154 Å². The third-order valence-electron chi connectivity index (χ3n) is 3.31. The van der Waals surface area contributed by atoms with E-state index < -0.39 is 18.5 Å². The monoisotopic (exact) mass is 385 g/mol. The lowest BCUT2D eigenvalue weighted by Gasteiger charge is -2.09. The van der Waals surface area contributed by atoms with Crippen molar-refractivity contribution in [2.24, 2.45) is 0 Å². The molecule has 2 aromatic rings. The molecule has 0 saturated carbocycles. The summed E-state index contributed by atoms with van der Waals surface area (Å²) in [7, 11) is 0. The van der Waals surface area contributed by atoms with Crippen molar-refractivity contribution in [3.63, 3.8) is 0 Å². The normalized spacial score (nSPS) is 10.8. The lowest BCUT2D eigenvalue weighted by molar-refractivity contribution is -0.119. The number of carbonyl (C=O) groups excluding carboxylic acids is 2. The SMILES string of the molecule is Cc1nc(NC(=O)COC(=O)c2c(C)noc2C(C)C)c(Cl)cc1Cl. The molecule has 134 valence electrons. The molecule has 2 rings (SSSR count). The van der Waals surface area contributed by atoms with Crippen LogP contribution >= 0.6 is 23.2 Å². The van der Waals surface area contributed by atoms with Crippen molar-refractivity contribution in [3.8, 4) is 0 Å². The molecule has 1 N–H and O–H groups in total. The van der Waals surface area contributed by atoms with Gasteiger partial charge < -0.3 is 14.6 Å². The molecule has 25 heavy (non-hydrogen) atoms. The first-order chi connectivity index (χ1) is 11.7. The Morgan fingerprint density at radius 1 is 1.24 bits per heavy atom. The van der Waals surface area contributed by atoms with Crippen LogP contribution in [0.1, 0.15) is 47.3 Å². The number of aromatic nitrogens is 2. The zero-order chi connectivity index (χ0) is 18.7. The summed E-state index contributed by atoms with van der Waals surface area (Å²) >= 11 is 11.9. The molecule has 1 amide bonds. The number of aryl methyl sites for hydroxylation is 2. The minimum atomic E-state index is -0.677. The Hall–Kier alpha value is -2.12. The molecule has 0 fully saturated rings. The van der Waals surface area contributed by atoms with Gasteiger partial charge in [0, 0.05) is 5.92 Å². The van der Waals surface area contributed by atoms with E-state index in [1.165, 1.54) is 6.07 Å². The number of rotatable bonds is 5. The predicted molar refractivity (Wildman–Crippen MR) is 93.2 cm³/mol. The first kappa shape index (κ1) is 19.2. The molecule has 0 aliphatic rings. The average Bonchev–Trinajstić information content (AvgIpc) is 2.92. The van der Waals surface area contributed by atoms with Gasteiger partial charge in [-0.25, -0.2) is 9.78 Å². The molecule has 0 radical (unpaired) electrons. The zero-order valence-corrected chi connectivity index (χ0v) is 15.7. The number of hydrogen-bond donors (Lipinski definition) is 1. The van der Waals surface area contributed by atoms with Gasteiger partial charge in [0.25, 0.3) is 5.91 Å². The number of carbonyl (C=O) groups is 2. The second kappa shape index (κ2) is 7.84. The van der Waals surface area contributed by atoms with Gasteiger partial charge in [0.1, 0.15) is 5.56 Å². The van der Waals surface area contributed by atoms with Crippen molar-refractivity contribution >= 4 is 40.9 Å². The average molecular weight is 386 g/mol. The fourth-order valence-corrected chi connectivity index (χ4v) is 2.45. The van der Waals surface area contributed by atoms with Gasteiger partial charge in [-0.2, -0.15) is 0 Å². The number of ether oxygens (including phenoxy) is 1. The van der Waals surface area contributed by atoms with Crippen LogP contribution in [0.5, 0.6) is 0 Å². The van der Waals surface area contributed by atoms with Gasteiger partial charge in [0.2, 0.25) is 0 Å². The van der Waals surface area contributed by atoms with Crippen LogP contribution < -0.4 is 5.32 Å². The lowest BCUT2D eigenvalue weighted by atomic mass is 10.1. The molecule has 0 aliphatic carbocycles. The summed E-state index contributed by atoms with van der Waals surface area (Å²) in [6.07, 6.45) is 0. The number of nitrogens with zero attached hydrogens (tertiary/aromatic N) is 2. The van der Waals surface area contributed by atoms with E-state index >= 15 is 0 Å². The standard InChI is InChI=1S/C16H17Cl2N3O4/c1-7(2)14-13(9(4)21-25-14)16(23)24-6-12(22)20-15-11(18)5-10(17)8(3)19-15/h5,7H,6H2,1-4H3,(H,19,20,22). The van der Waals surface area contributed by atoms with Gasteiger partial charge in [-0.1, -0.05) is 42.2 Å². The summed E-state index contributed by atoms with van der Waals surface area (Å²) in [5.41, 5.74) is 1.16. The van der Waals surface area contributed by atoms with Crippen LogP contribution in [-0.4, -0.2) is 28.6 Å². The van der Waals surface area contributed by atoms with Crippen molar-refractivity contribution in [3.05, 3.63) is 38.8 Å². The minimum absolute atomic E-state index is 0.0439. The van der Waals surface area contributed by atoms with Crippen LogP contribution in [0, 0.1) is 13.8 Å². The third kappa shape index (κ3) is 4.49. The lowest BCUT2D eigenvalue weighted by Crippen LogP contribution is -2.22. The van der Waals surface area contributed by atoms with Gasteiger partial charge in [-0.05, 0) is 19.9 Å². The summed E-state index contributed by atoms with van der Waals surface area (Å²) in [4.78, 5) is 28.3. The molecule has 7 nitrogen and oxygen atoms in total. The van der Waals surface area contributed by atoms with E-state index in [0.717, 1.165) is 0 Å². The highest BCUT2D eigenvalue weighted by Gasteiger charge is 2.24. The summed E-state index contributed by atoms with van der Waals surface area (Å²) in [6.45, 7) is 6.53. The van der Waals surface area contributed by atoms with Crippen molar-refractivity contribution in [2.75, 3.05) is 11.9 Å². The van der Waals surface area contributed by atoms with Crippen molar-refractivity contribution in [1.82, 2.24) is 10.1 Å². The number of nitrogens with one attached hydrogen (secondary N) is 1. The maximum atomic E-state index is 12.2. The molecule has 2 heterocycles. The number of hydrogen-bond acceptors (Lipinski definition) is 6. The van der Waals surface area contributed by atoms with Crippen LogP contribution in [-0.2, 0) is 9.53 Å².